The van der Waals surface area contributed by atoms with Crippen molar-refractivity contribution in [2.45, 2.75) is 60.0 Å². The van der Waals surface area contributed by atoms with E-state index in [4.69, 9.17) is 0 Å². The molecule has 20 heavy (non-hydrogen) atoms. The second kappa shape index (κ2) is 8.31. The second-order valence-electron chi connectivity index (χ2n) is 6.41. The summed E-state index contributed by atoms with van der Waals surface area (Å²) in [6.45, 7) is 15.7. The van der Waals surface area contributed by atoms with Crippen LogP contribution in [-0.2, 0) is 0 Å². The number of rotatable bonds is 8. The summed E-state index contributed by atoms with van der Waals surface area (Å²) < 4.78 is 0. The van der Waals surface area contributed by atoms with Gasteiger partial charge in [-0.25, -0.2) is 0 Å². The first-order chi connectivity index (χ1) is 9.45. The molecular weight excluding hydrogens is 244 g/mol. The van der Waals surface area contributed by atoms with Crippen molar-refractivity contribution in [3.05, 3.63) is 29.8 Å². The molecule has 0 saturated carbocycles. The smallest absolute Gasteiger partial charge is 0.0368 e. The van der Waals surface area contributed by atoms with E-state index < -0.39 is 0 Å². The normalized spacial score (nSPS) is 13.0. The van der Waals surface area contributed by atoms with Gasteiger partial charge in [-0.2, -0.15) is 0 Å². The van der Waals surface area contributed by atoms with Gasteiger partial charge >= 0.3 is 0 Å². The van der Waals surface area contributed by atoms with Gasteiger partial charge in [0.25, 0.3) is 0 Å². The highest BCUT2D eigenvalue weighted by atomic mass is 15.2. The predicted molar refractivity (Wildman–Crippen MR) is 90.5 cm³/mol. The molecule has 0 spiro atoms. The van der Waals surface area contributed by atoms with Gasteiger partial charge in [0, 0.05) is 24.3 Å². The van der Waals surface area contributed by atoms with Crippen LogP contribution in [0.5, 0.6) is 0 Å². The van der Waals surface area contributed by atoms with Gasteiger partial charge in [0.2, 0.25) is 0 Å². The monoisotopic (exact) mass is 276 g/mol. The molecule has 0 fully saturated rings. The molecule has 1 atom stereocenters. The van der Waals surface area contributed by atoms with E-state index in [9.17, 15) is 0 Å². The van der Waals surface area contributed by atoms with Gasteiger partial charge in [0.05, 0.1) is 0 Å². The van der Waals surface area contributed by atoms with Crippen molar-refractivity contribution in [2.75, 3.05) is 18.0 Å². The minimum absolute atomic E-state index is 0.432. The summed E-state index contributed by atoms with van der Waals surface area (Å²) in [5, 5.41) is 3.54. The van der Waals surface area contributed by atoms with Crippen LogP contribution in [-0.4, -0.2) is 19.1 Å². The minimum atomic E-state index is 0.432. The lowest BCUT2D eigenvalue weighted by Gasteiger charge is -2.31. The van der Waals surface area contributed by atoms with Crippen LogP contribution in [0, 0.1) is 5.92 Å². The molecule has 1 rings (SSSR count). The number of nitrogens with zero attached hydrogens (tertiary/aromatic N) is 1. The summed E-state index contributed by atoms with van der Waals surface area (Å²) in [6.07, 6.45) is 1.18. The molecule has 1 N–H and O–H groups in total. The fourth-order valence-electron chi connectivity index (χ4n) is 2.44. The van der Waals surface area contributed by atoms with Crippen LogP contribution in [0.15, 0.2) is 24.3 Å². The lowest BCUT2D eigenvalue weighted by atomic mass is 10.1. The quantitative estimate of drug-likeness (QED) is 0.745. The van der Waals surface area contributed by atoms with E-state index in [1.54, 1.807) is 0 Å². The summed E-state index contributed by atoms with van der Waals surface area (Å²) in [4.78, 5) is 2.48. The highest BCUT2D eigenvalue weighted by Crippen LogP contribution is 2.22. The summed E-state index contributed by atoms with van der Waals surface area (Å²) in [5.41, 5.74) is 2.70. The zero-order chi connectivity index (χ0) is 15.1. The predicted octanol–water partition coefficient (Wildman–Crippen LogP) is 4.62. The highest BCUT2D eigenvalue weighted by Gasteiger charge is 2.12. The second-order valence-corrected chi connectivity index (χ2v) is 6.41. The van der Waals surface area contributed by atoms with Gasteiger partial charge < -0.3 is 10.2 Å². The van der Waals surface area contributed by atoms with Crippen LogP contribution in [0.3, 0.4) is 0 Å². The number of anilines is 1. The standard InChI is InChI=1S/C18H32N2/c1-7-12-19-16(6)17-8-10-18(11-9-17)20(15(4)5)13-14(2)3/h8-11,14-16,19H,7,12-13H2,1-6H3. The van der Waals surface area contributed by atoms with Crippen molar-refractivity contribution >= 4 is 5.69 Å². The fourth-order valence-corrected chi connectivity index (χ4v) is 2.44. The summed E-state index contributed by atoms with van der Waals surface area (Å²) in [5.74, 6) is 0.683. The Bertz CT molecular complexity index is 368. The van der Waals surface area contributed by atoms with Crippen LogP contribution in [0.25, 0.3) is 0 Å². The fraction of sp³-hybridized carbons (Fsp3) is 0.667. The number of hydrogen-bond donors (Lipinski definition) is 1. The van der Waals surface area contributed by atoms with E-state index in [2.05, 4.69) is 76.0 Å². The molecule has 0 aromatic heterocycles. The van der Waals surface area contributed by atoms with Crippen molar-refractivity contribution in [1.29, 1.82) is 0 Å². The molecule has 0 saturated heterocycles. The molecule has 0 bridgehead atoms. The Balaban J connectivity index is 2.77. The number of hydrogen-bond acceptors (Lipinski definition) is 2. The van der Waals surface area contributed by atoms with E-state index >= 15 is 0 Å². The summed E-state index contributed by atoms with van der Waals surface area (Å²) >= 11 is 0. The molecule has 0 heterocycles. The Labute approximate surface area is 125 Å². The Morgan fingerprint density at radius 3 is 2.05 bits per heavy atom. The van der Waals surface area contributed by atoms with E-state index in [0.717, 1.165) is 13.1 Å². The van der Waals surface area contributed by atoms with Gasteiger partial charge in [0.1, 0.15) is 0 Å². The molecule has 114 valence electrons. The first-order valence-corrected chi connectivity index (χ1v) is 8.05. The zero-order valence-corrected chi connectivity index (χ0v) is 14.1. The van der Waals surface area contributed by atoms with E-state index in [1.807, 2.05) is 0 Å². The molecule has 2 nitrogen and oxygen atoms in total. The molecule has 1 unspecified atom stereocenters. The highest BCUT2D eigenvalue weighted by molar-refractivity contribution is 5.48. The van der Waals surface area contributed by atoms with E-state index in [1.165, 1.54) is 17.7 Å². The lowest BCUT2D eigenvalue weighted by molar-refractivity contribution is 0.566. The summed E-state index contributed by atoms with van der Waals surface area (Å²) in [6, 6.07) is 10.0. The van der Waals surface area contributed by atoms with Gasteiger partial charge in [-0.3, -0.25) is 0 Å². The largest absolute Gasteiger partial charge is 0.369 e. The van der Waals surface area contributed by atoms with E-state index in [-0.39, 0.29) is 0 Å². The number of benzene rings is 1. The first kappa shape index (κ1) is 17.0. The maximum Gasteiger partial charge on any atom is 0.0368 e. The average Bonchev–Trinajstić information content (AvgIpc) is 2.42. The average molecular weight is 276 g/mol. The van der Waals surface area contributed by atoms with Crippen molar-refractivity contribution in [2.24, 2.45) is 5.92 Å². The molecule has 0 aliphatic heterocycles. The van der Waals surface area contributed by atoms with Gasteiger partial charge in [0.15, 0.2) is 0 Å². The third-order valence-corrected chi connectivity index (χ3v) is 3.61. The van der Waals surface area contributed by atoms with Crippen LogP contribution >= 0.6 is 0 Å². The third-order valence-electron chi connectivity index (χ3n) is 3.61. The molecule has 0 radical (unpaired) electrons. The molecule has 1 aromatic rings. The Hall–Kier alpha value is -1.02. The Kier molecular flexibility index (Phi) is 7.08. The van der Waals surface area contributed by atoms with Crippen LogP contribution in [0.2, 0.25) is 0 Å². The van der Waals surface area contributed by atoms with Crippen molar-refractivity contribution in [1.82, 2.24) is 5.32 Å². The zero-order valence-electron chi connectivity index (χ0n) is 14.1. The molecule has 1 aromatic carbocycles. The molecule has 0 aliphatic carbocycles. The summed E-state index contributed by atoms with van der Waals surface area (Å²) in [7, 11) is 0. The molecular formula is C18H32N2. The van der Waals surface area contributed by atoms with E-state index in [0.29, 0.717) is 18.0 Å². The van der Waals surface area contributed by atoms with Gasteiger partial charge in [-0.15, -0.1) is 0 Å². The topological polar surface area (TPSA) is 15.3 Å². The van der Waals surface area contributed by atoms with Gasteiger partial charge in [-0.1, -0.05) is 32.9 Å². The van der Waals surface area contributed by atoms with Gasteiger partial charge in [-0.05, 0) is 57.4 Å². The first-order valence-electron chi connectivity index (χ1n) is 8.05. The van der Waals surface area contributed by atoms with Crippen molar-refractivity contribution in [3.8, 4) is 0 Å². The minimum Gasteiger partial charge on any atom is -0.369 e. The molecule has 0 aliphatic rings. The van der Waals surface area contributed by atoms with Crippen molar-refractivity contribution < 1.29 is 0 Å². The Morgan fingerprint density at radius 1 is 1.00 bits per heavy atom. The van der Waals surface area contributed by atoms with Crippen LogP contribution < -0.4 is 10.2 Å². The van der Waals surface area contributed by atoms with Crippen LogP contribution in [0.1, 0.15) is 59.6 Å². The maximum atomic E-state index is 3.54. The SMILES string of the molecule is CCCNC(C)c1ccc(N(CC(C)C)C(C)C)cc1. The molecule has 2 heteroatoms. The van der Waals surface area contributed by atoms with Crippen molar-refractivity contribution in [3.63, 3.8) is 0 Å². The lowest BCUT2D eigenvalue weighted by Crippen LogP contribution is -2.34. The molecule has 0 amide bonds. The van der Waals surface area contributed by atoms with Crippen LogP contribution in [0.4, 0.5) is 5.69 Å². The number of nitrogens with one attached hydrogen (secondary N) is 1. The Morgan fingerprint density at radius 2 is 1.60 bits per heavy atom. The third kappa shape index (κ3) is 5.16. The maximum absolute atomic E-state index is 3.54.